The van der Waals surface area contributed by atoms with Crippen LogP contribution in [0, 0.1) is 6.92 Å². The SMILES string of the molecule is Cc1cncc(N(C)CCCc2cc(-c3ccccc3)no2)n1. The Balaban J connectivity index is 1.54. The van der Waals surface area contributed by atoms with Crippen LogP contribution >= 0.6 is 0 Å². The first-order valence-corrected chi connectivity index (χ1v) is 7.73. The van der Waals surface area contributed by atoms with Gasteiger partial charge in [-0.05, 0) is 13.3 Å². The predicted molar refractivity (Wildman–Crippen MR) is 90.3 cm³/mol. The third-order valence-electron chi connectivity index (χ3n) is 3.68. The molecular formula is C18H20N4O. The first-order chi connectivity index (χ1) is 11.2. The molecule has 0 radical (unpaired) electrons. The summed E-state index contributed by atoms with van der Waals surface area (Å²) in [6.45, 7) is 2.84. The topological polar surface area (TPSA) is 55.1 Å². The van der Waals surface area contributed by atoms with Crippen molar-refractivity contribution in [2.75, 3.05) is 18.5 Å². The molecule has 3 aromatic rings. The number of benzene rings is 1. The normalized spacial score (nSPS) is 10.7. The zero-order valence-corrected chi connectivity index (χ0v) is 13.4. The number of hydrogen-bond acceptors (Lipinski definition) is 5. The summed E-state index contributed by atoms with van der Waals surface area (Å²) in [4.78, 5) is 10.8. The van der Waals surface area contributed by atoms with Gasteiger partial charge in [0.15, 0.2) is 0 Å². The summed E-state index contributed by atoms with van der Waals surface area (Å²) in [5, 5.41) is 4.14. The van der Waals surface area contributed by atoms with E-state index < -0.39 is 0 Å². The number of nitrogens with zero attached hydrogens (tertiary/aromatic N) is 4. The highest BCUT2D eigenvalue weighted by atomic mass is 16.5. The molecule has 0 aliphatic heterocycles. The number of hydrogen-bond donors (Lipinski definition) is 0. The van der Waals surface area contributed by atoms with Crippen molar-refractivity contribution < 1.29 is 4.52 Å². The highest BCUT2D eigenvalue weighted by Crippen LogP contribution is 2.19. The van der Waals surface area contributed by atoms with Crippen molar-refractivity contribution in [1.29, 1.82) is 0 Å². The van der Waals surface area contributed by atoms with Gasteiger partial charge >= 0.3 is 0 Å². The standard InChI is InChI=1S/C18H20N4O/c1-14-12-19-13-18(20-14)22(2)10-6-9-16-11-17(21-23-16)15-7-4-3-5-8-15/h3-5,7-8,11-13H,6,9-10H2,1-2H3. The van der Waals surface area contributed by atoms with Crippen LogP contribution in [0.2, 0.25) is 0 Å². The Bertz CT molecular complexity index is 754. The minimum Gasteiger partial charge on any atom is -0.361 e. The van der Waals surface area contributed by atoms with Gasteiger partial charge < -0.3 is 9.42 Å². The second kappa shape index (κ2) is 7.05. The molecular weight excluding hydrogens is 288 g/mol. The molecule has 5 nitrogen and oxygen atoms in total. The van der Waals surface area contributed by atoms with Crippen molar-refractivity contribution in [3.8, 4) is 11.3 Å². The van der Waals surface area contributed by atoms with E-state index in [0.717, 1.165) is 47.9 Å². The molecule has 0 aliphatic carbocycles. The molecule has 0 bridgehead atoms. The minimum absolute atomic E-state index is 0.851. The zero-order valence-electron chi connectivity index (χ0n) is 13.4. The van der Waals surface area contributed by atoms with Crippen LogP contribution in [0.5, 0.6) is 0 Å². The molecule has 1 aromatic carbocycles. The fourth-order valence-corrected chi connectivity index (χ4v) is 2.41. The predicted octanol–water partition coefficient (Wildman–Crippen LogP) is 3.51. The van der Waals surface area contributed by atoms with Gasteiger partial charge in [0.2, 0.25) is 0 Å². The van der Waals surface area contributed by atoms with Crippen molar-refractivity contribution in [1.82, 2.24) is 15.1 Å². The van der Waals surface area contributed by atoms with Gasteiger partial charge in [-0.2, -0.15) is 0 Å². The second-order valence-corrected chi connectivity index (χ2v) is 5.59. The average Bonchev–Trinajstić information content (AvgIpc) is 3.04. The first-order valence-electron chi connectivity index (χ1n) is 7.73. The molecule has 0 N–H and O–H groups in total. The van der Waals surface area contributed by atoms with Gasteiger partial charge in [0, 0.05) is 37.8 Å². The van der Waals surface area contributed by atoms with Gasteiger partial charge in [0.1, 0.15) is 17.3 Å². The van der Waals surface area contributed by atoms with Crippen LogP contribution in [0.3, 0.4) is 0 Å². The maximum atomic E-state index is 5.43. The molecule has 0 aliphatic rings. The summed E-state index contributed by atoms with van der Waals surface area (Å²) >= 11 is 0. The molecule has 0 saturated carbocycles. The Kier molecular flexibility index (Phi) is 4.66. The molecule has 0 saturated heterocycles. The first kappa shape index (κ1) is 15.2. The molecule has 0 unspecified atom stereocenters. The molecule has 23 heavy (non-hydrogen) atoms. The summed E-state index contributed by atoms with van der Waals surface area (Å²) in [5.41, 5.74) is 2.89. The lowest BCUT2D eigenvalue weighted by molar-refractivity contribution is 0.383. The van der Waals surface area contributed by atoms with Crippen LogP contribution in [0.1, 0.15) is 17.9 Å². The maximum Gasteiger partial charge on any atom is 0.147 e. The lowest BCUT2D eigenvalue weighted by Gasteiger charge is -2.17. The number of anilines is 1. The minimum atomic E-state index is 0.851. The van der Waals surface area contributed by atoms with E-state index in [1.165, 1.54) is 0 Å². The van der Waals surface area contributed by atoms with Crippen LogP contribution in [-0.2, 0) is 6.42 Å². The lowest BCUT2D eigenvalue weighted by Crippen LogP contribution is -2.20. The van der Waals surface area contributed by atoms with E-state index in [1.54, 1.807) is 12.4 Å². The van der Waals surface area contributed by atoms with Gasteiger partial charge in [-0.25, -0.2) is 4.98 Å². The van der Waals surface area contributed by atoms with Gasteiger partial charge in [0.05, 0.1) is 11.9 Å². The third kappa shape index (κ3) is 3.94. The summed E-state index contributed by atoms with van der Waals surface area (Å²) in [5.74, 6) is 1.81. The maximum absolute atomic E-state index is 5.43. The molecule has 0 fully saturated rings. The van der Waals surface area contributed by atoms with E-state index in [4.69, 9.17) is 4.52 Å². The molecule has 3 rings (SSSR count). The zero-order chi connectivity index (χ0) is 16.1. The number of aromatic nitrogens is 3. The van der Waals surface area contributed by atoms with Gasteiger partial charge in [-0.15, -0.1) is 0 Å². The van der Waals surface area contributed by atoms with E-state index in [-0.39, 0.29) is 0 Å². The Labute approximate surface area is 136 Å². The summed E-state index contributed by atoms with van der Waals surface area (Å²) in [7, 11) is 2.03. The highest BCUT2D eigenvalue weighted by molar-refractivity contribution is 5.58. The smallest absolute Gasteiger partial charge is 0.147 e. The lowest BCUT2D eigenvalue weighted by atomic mass is 10.1. The largest absolute Gasteiger partial charge is 0.361 e. The molecule has 2 heterocycles. The summed E-state index contributed by atoms with van der Waals surface area (Å²) in [6.07, 6.45) is 5.37. The van der Waals surface area contributed by atoms with Crippen molar-refractivity contribution in [3.05, 3.63) is 60.2 Å². The van der Waals surface area contributed by atoms with E-state index in [0.29, 0.717) is 0 Å². The van der Waals surface area contributed by atoms with E-state index >= 15 is 0 Å². The molecule has 5 heteroatoms. The van der Waals surface area contributed by atoms with Crippen LogP contribution in [0.4, 0.5) is 5.82 Å². The van der Waals surface area contributed by atoms with E-state index in [9.17, 15) is 0 Å². The monoisotopic (exact) mass is 308 g/mol. The molecule has 0 atom stereocenters. The van der Waals surface area contributed by atoms with Crippen molar-refractivity contribution in [2.24, 2.45) is 0 Å². The van der Waals surface area contributed by atoms with Gasteiger partial charge in [-0.1, -0.05) is 35.5 Å². The quantitative estimate of drug-likeness (QED) is 0.697. The Morgan fingerprint density at radius 1 is 1.13 bits per heavy atom. The Morgan fingerprint density at radius 2 is 1.96 bits per heavy atom. The van der Waals surface area contributed by atoms with E-state index in [1.807, 2.05) is 50.4 Å². The Hall–Kier alpha value is -2.69. The molecule has 2 aromatic heterocycles. The molecule has 0 amide bonds. The second-order valence-electron chi connectivity index (χ2n) is 5.59. The Morgan fingerprint density at radius 3 is 2.74 bits per heavy atom. The fraction of sp³-hybridized carbons (Fsp3) is 0.278. The van der Waals surface area contributed by atoms with Gasteiger partial charge in [-0.3, -0.25) is 4.98 Å². The van der Waals surface area contributed by atoms with Crippen LogP contribution in [-0.4, -0.2) is 28.7 Å². The van der Waals surface area contributed by atoms with Crippen molar-refractivity contribution >= 4 is 5.82 Å². The van der Waals surface area contributed by atoms with Crippen LogP contribution in [0.25, 0.3) is 11.3 Å². The van der Waals surface area contributed by atoms with Crippen molar-refractivity contribution in [2.45, 2.75) is 19.8 Å². The van der Waals surface area contributed by atoms with E-state index in [2.05, 4.69) is 20.0 Å². The fourth-order valence-electron chi connectivity index (χ4n) is 2.41. The average molecular weight is 308 g/mol. The highest BCUT2D eigenvalue weighted by Gasteiger charge is 2.08. The molecule has 0 spiro atoms. The van der Waals surface area contributed by atoms with Crippen molar-refractivity contribution in [3.63, 3.8) is 0 Å². The summed E-state index contributed by atoms with van der Waals surface area (Å²) < 4.78 is 5.43. The van der Waals surface area contributed by atoms with Gasteiger partial charge in [0.25, 0.3) is 0 Å². The number of aryl methyl sites for hydroxylation is 2. The molecule has 118 valence electrons. The summed E-state index contributed by atoms with van der Waals surface area (Å²) in [6, 6.07) is 12.1. The third-order valence-corrected chi connectivity index (χ3v) is 3.68. The number of rotatable bonds is 6. The van der Waals surface area contributed by atoms with Crippen LogP contribution in [0.15, 0.2) is 53.3 Å². The van der Waals surface area contributed by atoms with Crippen LogP contribution < -0.4 is 4.90 Å².